The normalized spacial score (nSPS) is 16.7. The van der Waals surface area contributed by atoms with Crippen LogP contribution in [0.5, 0.6) is 0 Å². The van der Waals surface area contributed by atoms with Crippen LogP contribution in [-0.4, -0.2) is 94.9 Å². The number of aromatic nitrogens is 4. The molecule has 0 radical (unpaired) electrons. The molecule has 2 aliphatic heterocycles. The molecular formula is C34H42BrF3N10S. The van der Waals surface area contributed by atoms with Gasteiger partial charge in [0.15, 0.2) is 0 Å². The third-order valence-corrected chi connectivity index (χ3v) is 10.7. The van der Waals surface area contributed by atoms with E-state index in [2.05, 4.69) is 75.2 Å². The molecule has 0 bridgehead atoms. The zero-order chi connectivity index (χ0) is 34.7. The minimum atomic E-state index is -4.58. The molecule has 0 saturated carbocycles. The van der Waals surface area contributed by atoms with Crippen LogP contribution in [0.4, 0.5) is 47.7 Å². The first-order valence-electron chi connectivity index (χ1n) is 16.6. The van der Waals surface area contributed by atoms with Crippen molar-refractivity contribution in [3.05, 3.63) is 58.5 Å². The summed E-state index contributed by atoms with van der Waals surface area (Å²) >= 11 is 5.13. The molecule has 262 valence electrons. The minimum Gasteiger partial charge on any atom is -0.371 e. The Kier molecular flexibility index (Phi) is 11.0. The standard InChI is InChI=1S/C34H42BrF3N10S/c1-5-22-19-28(24(34(36,37)38)20-29(22)48-13-9-23(10-14-48)47-17-15-45(3)16-18-47)43-33-41-21-25(35)32(44-33)42-27-8-7-26-30(40-12-11-39-26)31(27)46(4)49-6-2/h7-8,11-12,19-21,23H,5-6,9-10,13-18H2,1-4H3,(H2,41,42,43,44). The quantitative estimate of drug-likeness (QED) is 0.157. The maximum atomic E-state index is 14.7. The van der Waals surface area contributed by atoms with Crippen LogP contribution in [0.1, 0.15) is 37.8 Å². The molecule has 0 atom stereocenters. The van der Waals surface area contributed by atoms with Gasteiger partial charge in [0.05, 0.1) is 32.6 Å². The Bertz CT molecular complexity index is 1760. The van der Waals surface area contributed by atoms with Gasteiger partial charge in [-0.25, -0.2) is 4.98 Å². The highest BCUT2D eigenvalue weighted by Crippen LogP contribution is 2.42. The molecule has 0 aliphatic carbocycles. The molecule has 49 heavy (non-hydrogen) atoms. The van der Waals surface area contributed by atoms with Gasteiger partial charge in [0, 0.05) is 82.4 Å². The second kappa shape index (κ2) is 15.2. The highest BCUT2D eigenvalue weighted by Gasteiger charge is 2.36. The van der Waals surface area contributed by atoms with Gasteiger partial charge in [-0.2, -0.15) is 18.2 Å². The Labute approximate surface area is 298 Å². The van der Waals surface area contributed by atoms with Gasteiger partial charge in [-0.1, -0.05) is 25.8 Å². The molecule has 4 heterocycles. The Balaban J connectivity index is 1.26. The lowest BCUT2D eigenvalue weighted by Gasteiger charge is -2.43. The maximum Gasteiger partial charge on any atom is 0.418 e. The number of nitrogens with one attached hydrogen (secondary N) is 2. The van der Waals surface area contributed by atoms with Gasteiger partial charge in [-0.05, 0) is 72.1 Å². The molecule has 2 aliphatic rings. The number of benzene rings is 2. The summed E-state index contributed by atoms with van der Waals surface area (Å²) in [7, 11) is 4.10. The maximum absolute atomic E-state index is 14.7. The fourth-order valence-electron chi connectivity index (χ4n) is 6.67. The van der Waals surface area contributed by atoms with Crippen LogP contribution in [0.3, 0.4) is 0 Å². The van der Waals surface area contributed by atoms with Gasteiger partial charge in [0.25, 0.3) is 0 Å². The third kappa shape index (κ3) is 8.00. The predicted octanol–water partition coefficient (Wildman–Crippen LogP) is 7.57. The fraction of sp³-hybridized carbons (Fsp3) is 0.471. The zero-order valence-corrected chi connectivity index (χ0v) is 30.6. The van der Waals surface area contributed by atoms with Crippen LogP contribution < -0.4 is 19.8 Å². The predicted molar refractivity (Wildman–Crippen MR) is 197 cm³/mol. The molecule has 10 nitrogen and oxygen atoms in total. The average Bonchev–Trinajstić information content (AvgIpc) is 3.09. The van der Waals surface area contributed by atoms with E-state index in [0.29, 0.717) is 39.6 Å². The molecule has 2 fully saturated rings. The van der Waals surface area contributed by atoms with Crippen molar-refractivity contribution in [2.45, 2.75) is 45.3 Å². The van der Waals surface area contributed by atoms with Gasteiger partial charge in [-0.15, -0.1) is 0 Å². The minimum absolute atomic E-state index is 0.0393. The van der Waals surface area contributed by atoms with Crippen LogP contribution in [0.2, 0.25) is 0 Å². The average molecular weight is 760 g/mol. The van der Waals surface area contributed by atoms with E-state index in [-0.39, 0.29) is 11.6 Å². The SMILES string of the molecule is CCSN(C)c1c(Nc2nc(Nc3cc(CC)c(N4CCC(N5CCN(C)CC5)CC4)cc3C(F)(F)F)ncc2Br)ccc2nccnc12. The number of fused-ring (bicyclic) bond motifs is 1. The Hall–Kier alpha value is -3.40. The molecule has 15 heteroatoms. The van der Waals surface area contributed by atoms with Crippen molar-refractivity contribution in [1.82, 2.24) is 29.7 Å². The van der Waals surface area contributed by atoms with Crippen LogP contribution in [-0.2, 0) is 12.6 Å². The van der Waals surface area contributed by atoms with Crippen molar-refractivity contribution in [3.8, 4) is 0 Å². The van der Waals surface area contributed by atoms with Gasteiger partial charge < -0.3 is 24.7 Å². The molecule has 0 spiro atoms. The summed E-state index contributed by atoms with van der Waals surface area (Å²) in [6.45, 7) is 9.69. The van der Waals surface area contributed by atoms with E-state index >= 15 is 0 Å². The molecule has 0 amide bonds. The van der Waals surface area contributed by atoms with E-state index in [1.54, 1.807) is 30.4 Å². The number of hydrogen-bond acceptors (Lipinski definition) is 11. The lowest BCUT2D eigenvalue weighted by Crippen LogP contribution is -2.52. The molecular weight excluding hydrogens is 717 g/mol. The van der Waals surface area contributed by atoms with Crippen LogP contribution >= 0.6 is 27.9 Å². The third-order valence-electron chi connectivity index (χ3n) is 9.26. The Morgan fingerprint density at radius 2 is 1.69 bits per heavy atom. The summed E-state index contributed by atoms with van der Waals surface area (Å²) in [5.74, 6) is 1.27. The van der Waals surface area contributed by atoms with E-state index in [1.165, 1.54) is 12.3 Å². The van der Waals surface area contributed by atoms with Gasteiger partial charge in [-0.3, -0.25) is 14.9 Å². The summed E-state index contributed by atoms with van der Waals surface area (Å²) in [6, 6.07) is 7.15. The van der Waals surface area contributed by atoms with Gasteiger partial charge in [0.1, 0.15) is 11.3 Å². The number of hydrogen-bond donors (Lipinski definition) is 2. The number of nitrogens with zero attached hydrogens (tertiary/aromatic N) is 8. The number of piperazine rings is 1. The first kappa shape index (κ1) is 35.4. The van der Waals surface area contributed by atoms with Crippen molar-refractivity contribution < 1.29 is 13.2 Å². The smallest absolute Gasteiger partial charge is 0.371 e. The summed E-state index contributed by atoms with van der Waals surface area (Å²) in [6.07, 6.45) is 2.70. The highest BCUT2D eigenvalue weighted by atomic mass is 79.9. The molecule has 2 N–H and O–H groups in total. The summed E-state index contributed by atoms with van der Waals surface area (Å²) < 4.78 is 46.6. The first-order chi connectivity index (χ1) is 23.5. The Morgan fingerprint density at radius 3 is 2.39 bits per heavy atom. The van der Waals surface area contributed by atoms with E-state index in [1.807, 2.05) is 30.4 Å². The van der Waals surface area contributed by atoms with Crippen molar-refractivity contribution in [2.24, 2.45) is 0 Å². The highest BCUT2D eigenvalue weighted by molar-refractivity contribution is 9.10. The molecule has 2 aromatic heterocycles. The van der Waals surface area contributed by atoms with Crippen LogP contribution in [0.25, 0.3) is 11.0 Å². The summed E-state index contributed by atoms with van der Waals surface area (Å²) in [5, 5.41) is 6.26. The van der Waals surface area contributed by atoms with Crippen molar-refractivity contribution in [1.29, 1.82) is 0 Å². The monoisotopic (exact) mass is 758 g/mol. The van der Waals surface area contributed by atoms with E-state index < -0.39 is 11.7 Å². The lowest BCUT2D eigenvalue weighted by atomic mass is 9.98. The fourth-order valence-corrected chi connectivity index (χ4v) is 7.66. The number of anilines is 6. The molecule has 6 rings (SSSR count). The molecule has 2 aromatic carbocycles. The van der Waals surface area contributed by atoms with Crippen molar-refractivity contribution >= 4 is 73.4 Å². The number of alkyl halides is 3. The summed E-state index contributed by atoms with van der Waals surface area (Å²) in [4.78, 5) is 25.0. The van der Waals surface area contributed by atoms with Gasteiger partial charge >= 0.3 is 6.18 Å². The van der Waals surface area contributed by atoms with Crippen molar-refractivity contribution in [3.63, 3.8) is 0 Å². The molecule has 4 aromatic rings. The van der Waals surface area contributed by atoms with E-state index in [0.717, 1.165) is 74.6 Å². The number of aryl methyl sites for hydroxylation is 1. The Morgan fingerprint density at radius 1 is 0.959 bits per heavy atom. The zero-order valence-electron chi connectivity index (χ0n) is 28.2. The van der Waals surface area contributed by atoms with Crippen molar-refractivity contribution in [2.75, 3.05) is 79.0 Å². The largest absolute Gasteiger partial charge is 0.418 e. The summed E-state index contributed by atoms with van der Waals surface area (Å²) in [5.41, 5.74) is 3.67. The second-order valence-electron chi connectivity index (χ2n) is 12.4. The molecule has 0 unspecified atom stereocenters. The number of likely N-dealkylation sites (N-methyl/N-ethyl adjacent to an activating group) is 1. The number of rotatable bonds is 10. The topological polar surface area (TPSA) is 88.6 Å². The molecule has 2 saturated heterocycles. The first-order valence-corrected chi connectivity index (χ1v) is 18.4. The van der Waals surface area contributed by atoms with Crippen LogP contribution in [0, 0.1) is 0 Å². The number of halogens is 4. The van der Waals surface area contributed by atoms with Crippen LogP contribution in [0.15, 0.2) is 47.3 Å². The van der Waals surface area contributed by atoms with Gasteiger partial charge in [0.2, 0.25) is 5.95 Å². The second-order valence-corrected chi connectivity index (χ2v) is 14.6. The van der Waals surface area contributed by atoms with E-state index in [4.69, 9.17) is 0 Å². The lowest BCUT2D eigenvalue weighted by molar-refractivity contribution is -0.136. The van der Waals surface area contributed by atoms with E-state index in [9.17, 15) is 13.2 Å². The number of piperidine rings is 1.